The van der Waals surface area contributed by atoms with Crippen LogP contribution in [0.1, 0.15) is 55.7 Å². The predicted molar refractivity (Wildman–Crippen MR) is 138 cm³/mol. The monoisotopic (exact) mass is 456 g/mol. The van der Waals surface area contributed by atoms with Crippen LogP contribution in [-0.2, 0) is 24.8 Å². The van der Waals surface area contributed by atoms with Crippen molar-refractivity contribution in [2.45, 2.75) is 69.0 Å². The first kappa shape index (κ1) is 22.2. The first-order valence-corrected chi connectivity index (χ1v) is 13.1. The maximum absolute atomic E-state index is 14.3. The third-order valence-electron chi connectivity index (χ3n) is 7.19. The van der Waals surface area contributed by atoms with Crippen molar-refractivity contribution >= 4 is 11.8 Å². The van der Waals surface area contributed by atoms with E-state index in [2.05, 4.69) is 55.1 Å². The Hall–Kier alpha value is -2.59. The van der Waals surface area contributed by atoms with Crippen LogP contribution in [0.3, 0.4) is 0 Å². The zero-order valence-electron chi connectivity index (χ0n) is 19.5. The first-order chi connectivity index (χ1) is 16.1. The number of fused-ring (bicyclic) bond motifs is 4. The fourth-order valence-electron chi connectivity index (χ4n) is 5.60. The number of nitrogens with zero attached hydrogens (tertiary/aromatic N) is 2. The van der Waals surface area contributed by atoms with Gasteiger partial charge in [-0.25, -0.2) is 4.98 Å². The lowest BCUT2D eigenvalue weighted by atomic mass is 9.62. The largest absolute Gasteiger partial charge is 0.287 e. The van der Waals surface area contributed by atoms with Crippen molar-refractivity contribution in [1.29, 1.82) is 0 Å². The van der Waals surface area contributed by atoms with Gasteiger partial charge in [-0.05, 0) is 43.7 Å². The second-order valence-electron chi connectivity index (χ2n) is 9.73. The van der Waals surface area contributed by atoms with Gasteiger partial charge in [0.15, 0.2) is 5.16 Å². The van der Waals surface area contributed by atoms with Crippen LogP contribution < -0.4 is 5.56 Å². The van der Waals surface area contributed by atoms with Gasteiger partial charge in [0.1, 0.15) is 0 Å². The molecule has 0 radical (unpaired) electrons. The highest BCUT2D eigenvalue weighted by atomic mass is 32.2. The summed E-state index contributed by atoms with van der Waals surface area (Å²) in [7, 11) is 0. The standard InChI is InChI=1S/C29H32N2OS/c1-21(2)20-33-28-30-26-24-14-8-7-13-23(24)19-29(16-9-4-10-17-29)25(26)27(32)31(28)18-15-22-11-5-3-6-12-22/h3,5-8,11-14H,1,4,9-10,15-20H2,2H3. The fourth-order valence-corrected chi connectivity index (χ4v) is 6.46. The van der Waals surface area contributed by atoms with E-state index in [1.54, 1.807) is 11.8 Å². The van der Waals surface area contributed by atoms with Gasteiger partial charge in [0.2, 0.25) is 0 Å². The number of rotatable bonds is 6. The van der Waals surface area contributed by atoms with E-state index >= 15 is 0 Å². The summed E-state index contributed by atoms with van der Waals surface area (Å²) in [5.74, 6) is 0.767. The molecule has 0 amide bonds. The molecule has 2 aliphatic rings. The van der Waals surface area contributed by atoms with Crippen LogP contribution in [0.2, 0.25) is 0 Å². The maximum Gasteiger partial charge on any atom is 0.258 e. The Morgan fingerprint density at radius 3 is 2.55 bits per heavy atom. The molecule has 3 aromatic rings. The second-order valence-corrected chi connectivity index (χ2v) is 10.7. The van der Waals surface area contributed by atoms with E-state index in [4.69, 9.17) is 4.98 Å². The van der Waals surface area contributed by atoms with E-state index in [0.717, 1.165) is 59.0 Å². The molecule has 1 heterocycles. The Kier molecular flexibility index (Phi) is 6.29. The van der Waals surface area contributed by atoms with Crippen LogP contribution in [0.4, 0.5) is 0 Å². The fraction of sp³-hybridized carbons (Fsp3) is 0.379. The summed E-state index contributed by atoms with van der Waals surface area (Å²) >= 11 is 1.64. The van der Waals surface area contributed by atoms with Gasteiger partial charge in [-0.15, -0.1) is 0 Å². The highest BCUT2D eigenvalue weighted by molar-refractivity contribution is 7.99. The van der Waals surface area contributed by atoms with Gasteiger partial charge < -0.3 is 0 Å². The molecule has 1 fully saturated rings. The third-order valence-corrected chi connectivity index (χ3v) is 8.40. The average molecular weight is 457 g/mol. The van der Waals surface area contributed by atoms with Crippen molar-refractivity contribution in [3.8, 4) is 11.3 Å². The van der Waals surface area contributed by atoms with E-state index in [0.29, 0.717) is 6.54 Å². The Labute approximate surface area is 201 Å². The number of thioether (sulfide) groups is 1. The van der Waals surface area contributed by atoms with Crippen LogP contribution in [0.25, 0.3) is 11.3 Å². The topological polar surface area (TPSA) is 34.9 Å². The molecular formula is C29H32N2OS. The molecule has 2 aliphatic carbocycles. The van der Waals surface area contributed by atoms with Gasteiger partial charge in [-0.3, -0.25) is 9.36 Å². The van der Waals surface area contributed by atoms with Gasteiger partial charge in [-0.1, -0.05) is 97.8 Å². The van der Waals surface area contributed by atoms with Gasteiger partial charge in [0.25, 0.3) is 5.56 Å². The SMILES string of the molecule is C=C(C)CSc1nc2c(c(=O)n1CCc1ccccc1)C1(CCCCC1)Cc1ccccc1-2. The van der Waals surface area contributed by atoms with Gasteiger partial charge >= 0.3 is 0 Å². The Balaban J connectivity index is 1.67. The summed E-state index contributed by atoms with van der Waals surface area (Å²) in [5, 5.41) is 0.820. The molecule has 2 aromatic carbocycles. The predicted octanol–water partition coefficient (Wildman–Crippen LogP) is 6.58. The highest BCUT2D eigenvalue weighted by Crippen LogP contribution is 2.48. The van der Waals surface area contributed by atoms with Gasteiger partial charge in [0.05, 0.1) is 11.3 Å². The number of hydrogen-bond acceptors (Lipinski definition) is 3. The van der Waals surface area contributed by atoms with E-state index in [-0.39, 0.29) is 11.0 Å². The quantitative estimate of drug-likeness (QED) is 0.239. The molecule has 0 atom stereocenters. The van der Waals surface area contributed by atoms with Gasteiger partial charge in [-0.2, -0.15) is 0 Å². The van der Waals surface area contributed by atoms with Crippen molar-refractivity contribution in [2.24, 2.45) is 0 Å². The minimum absolute atomic E-state index is 0.0714. The van der Waals surface area contributed by atoms with E-state index in [1.165, 1.54) is 30.4 Å². The molecule has 1 saturated carbocycles. The molecule has 5 rings (SSSR count). The third kappa shape index (κ3) is 4.33. The molecule has 3 nitrogen and oxygen atoms in total. The smallest absolute Gasteiger partial charge is 0.258 e. The summed E-state index contributed by atoms with van der Waals surface area (Å²) in [6, 6.07) is 19.0. The van der Waals surface area contributed by atoms with E-state index in [1.807, 2.05) is 17.6 Å². The molecule has 1 spiro atoms. The lowest BCUT2D eigenvalue weighted by Gasteiger charge is -2.42. The van der Waals surface area contributed by atoms with Crippen molar-refractivity contribution in [2.75, 3.05) is 5.75 Å². The maximum atomic E-state index is 14.3. The zero-order valence-corrected chi connectivity index (χ0v) is 20.3. The Morgan fingerprint density at radius 2 is 1.79 bits per heavy atom. The van der Waals surface area contributed by atoms with E-state index in [9.17, 15) is 4.79 Å². The lowest BCUT2D eigenvalue weighted by Crippen LogP contribution is -2.43. The Morgan fingerprint density at radius 1 is 1.06 bits per heavy atom. The molecular weight excluding hydrogens is 424 g/mol. The summed E-state index contributed by atoms with van der Waals surface area (Å²) in [4.78, 5) is 19.5. The Bertz CT molecular complexity index is 1220. The minimum atomic E-state index is -0.0714. The summed E-state index contributed by atoms with van der Waals surface area (Å²) in [6.07, 6.45) is 7.61. The number of hydrogen-bond donors (Lipinski definition) is 0. The minimum Gasteiger partial charge on any atom is -0.287 e. The number of benzene rings is 2. The number of aromatic nitrogens is 2. The molecule has 0 aliphatic heterocycles. The zero-order chi connectivity index (χ0) is 22.8. The van der Waals surface area contributed by atoms with Gasteiger partial charge in [0, 0.05) is 23.3 Å². The van der Waals surface area contributed by atoms with Crippen molar-refractivity contribution < 1.29 is 0 Å². The normalized spacial score (nSPS) is 16.3. The summed E-state index contributed by atoms with van der Waals surface area (Å²) < 4.78 is 1.96. The molecule has 4 heteroatoms. The van der Waals surface area contributed by atoms with E-state index < -0.39 is 0 Å². The van der Waals surface area contributed by atoms with Crippen LogP contribution in [0.5, 0.6) is 0 Å². The summed E-state index contributed by atoms with van der Waals surface area (Å²) in [5.41, 5.74) is 6.85. The molecule has 33 heavy (non-hydrogen) atoms. The molecule has 0 saturated heterocycles. The van der Waals surface area contributed by atoms with Crippen molar-refractivity contribution in [3.63, 3.8) is 0 Å². The number of aryl methyl sites for hydroxylation is 1. The molecule has 0 unspecified atom stereocenters. The van der Waals surface area contributed by atoms with Crippen molar-refractivity contribution in [1.82, 2.24) is 9.55 Å². The lowest BCUT2D eigenvalue weighted by molar-refractivity contribution is 0.282. The van der Waals surface area contributed by atoms with Crippen LogP contribution in [0.15, 0.2) is 76.7 Å². The molecule has 1 aromatic heterocycles. The molecule has 0 bridgehead atoms. The highest BCUT2D eigenvalue weighted by Gasteiger charge is 2.43. The first-order valence-electron chi connectivity index (χ1n) is 12.1. The molecule has 0 N–H and O–H groups in total. The molecule has 170 valence electrons. The van der Waals surface area contributed by atoms with Crippen LogP contribution in [0, 0.1) is 0 Å². The second kappa shape index (κ2) is 9.34. The van der Waals surface area contributed by atoms with Crippen molar-refractivity contribution in [3.05, 3.63) is 93.8 Å². The summed E-state index contributed by atoms with van der Waals surface area (Å²) in [6.45, 7) is 6.76. The van der Waals surface area contributed by atoms with Crippen LogP contribution in [-0.4, -0.2) is 15.3 Å². The van der Waals surface area contributed by atoms with Crippen LogP contribution >= 0.6 is 11.8 Å². The average Bonchev–Trinajstić information content (AvgIpc) is 2.83.